The van der Waals surface area contributed by atoms with Crippen LogP contribution >= 0.6 is 0 Å². The lowest BCUT2D eigenvalue weighted by atomic mass is 10.0. The topological polar surface area (TPSA) is 93.1 Å². The van der Waals surface area contributed by atoms with Gasteiger partial charge in [0.05, 0.1) is 0 Å². The van der Waals surface area contributed by atoms with E-state index in [0.717, 1.165) is 38.5 Å². The first-order valence-corrected chi connectivity index (χ1v) is 19.2. The summed E-state index contributed by atoms with van der Waals surface area (Å²) in [6, 6.07) is 0. The maximum absolute atomic E-state index is 11.9. The number of aliphatic hydroxyl groups is 2. The predicted molar refractivity (Wildman–Crippen MR) is 184 cm³/mol. The molecule has 0 radical (unpaired) electrons. The fourth-order valence-corrected chi connectivity index (χ4v) is 5.81. The van der Waals surface area contributed by atoms with Gasteiger partial charge in [0.25, 0.3) is 0 Å². The lowest BCUT2D eigenvalue weighted by Crippen LogP contribution is -2.13. The van der Waals surface area contributed by atoms with Crippen LogP contribution < -0.4 is 0 Å². The number of carbonyl (C=O) groups excluding carboxylic acids is 2. The van der Waals surface area contributed by atoms with E-state index in [2.05, 4.69) is 0 Å². The van der Waals surface area contributed by atoms with E-state index >= 15 is 0 Å². The van der Waals surface area contributed by atoms with Crippen molar-refractivity contribution in [3.05, 3.63) is 0 Å². The highest BCUT2D eigenvalue weighted by Gasteiger charge is 2.06. The number of hydrogen-bond donors (Lipinski definition) is 2. The summed E-state index contributed by atoms with van der Waals surface area (Å²) in [6.45, 7) is 1.01. The summed E-state index contributed by atoms with van der Waals surface area (Å²) in [6.07, 6.45) is 37.9. The fraction of sp³-hybridized carbons (Fsp3) is 0.947. The number of unbranched alkanes of at least 4 members (excludes halogenated alkanes) is 28. The van der Waals surface area contributed by atoms with Gasteiger partial charge in [0.2, 0.25) is 0 Å². The molecular weight excluding hydrogens is 552 g/mol. The zero-order chi connectivity index (χ0) is 32.0. The van der Waals surface area contributed by atoms with Crippen LogP contribution in [0.5, 0.6) is 0 Å². The van der Waals surface area contributed by atoms with Gasteiger partial charge in [0.15, 0.2) is 0 Å². The van der Waals surface area contributed by atoms with E-state index in [-0.39, 0.29) is 25.2 Å². The van der Waals surface area contributed by atoms with E-state index in [9.17, 15) is 9.59 Å². The van der Waals surface area contributed by atoms with Crippen molar-refractivity contribution in [2.45, 2.75) is 205 Å². The largest absolute Gasteiger partial charge is 0.462 e. The Hall–Kier alpha value is -1.14. The van der Waals surface area contributed by atoms with Crippen LogP contribution in [0, 0.1) is 0 Å². The van der Waals surface area contributed by atoms with Crippen molar-refractivity contribution in [2.75, 3.05) is 26.4 Å². The van der Waals surface area contributed by atoms with Gasteiger partial charge in [-0.15, -0.1) is 0 Å². The number of carbonyl (C=O) groups is 2. The Balaban J connectivity index is 3.25. The molecule has 6 nitrogen and oxygen atoms in total. The fourth-order valence-electron chi connectivity index (χ4n) is 5.81. The summed E-state index contributed by atoms with van der Waals surface area (Å²) in [5.74, 6) is -0.362. The Labute approximate surface area is 272 Å². The van der Waals surface area contributed by atoms with Gasteiger partial charge in [0, 0.05) is 26.1 Å². The second-order valence-electron chi connectivity index (χ2n) is 13.0. The molecule has 0 aromatic rings. The van der Waals surface area contributed by atoms with Gasteiger partial charge in [-0.05, 0) is 25.7 Å². The zero-order valence-corrected chi connectivity index (χ0v) is 29.0. The minimum absolute atomic E-state index is 0.166. The minimum atomic E-state index is -0.181. The summed E-state index contributed by atoms with van der Waals surface area (Å²) in [4.78, 5) is 23.8. The maximum Gasteiger partial charge on any atom is 0.305 e. The highest BCUT2D eigenvalue weighted by molar-refractivity contribution is 5.70. The molecule has 0 saturated heterocycles. The normalized spacial score (nSPS) is 11.2. The summed E-state index contributed by atoms with van der Waals surface area (Å²) in [7, 11) is 0. The van der Waals surface area contributed by atoms with Crippen molar-refractivity contribution < 1.29 is 29.3 Å². The number of ether oxygens (including phenoxy) is 2. The van der Waals surface area contributed by atoms with Gasteiger partial charge in [-0.2, -0.15) is 0 Å². The Kier molecular flexibility index (Phi) is 37.1. The Bertz CT molecular complexity index is 532. The molecule has 0 aliphatic rings. The molecule has 0 amide bonds. The minimum Gasteiger partial charge on any atom is -0.462 e. The molecule has 0 rings (SSSR count). The Morgan fingerprint density at radius 1 is 0.295 bits per heavy atom. The molecule has 0 aliphatic carbocycles. The molecule has 0 atom stereocenters. The van der Waals surface area contributed by atoms with Crippen molar-refractivity contribution in [3.8, 4) is 0 Å². The lowest BCUT2D eigenvalue weighted by molar-refractivity contribution is -0.152. The summed E-state index contributed by atoms with van der Waals surface area (Å²) < 4.78 is 10.4. The van der Waals surface area contributed by atoms with E-state index in [4.69, 9.17) is 19.7 Å². The standard InChI is InChI=1S/C38H74O6/c39-33-29-25-21-17-13-9-5-1-3-7-11-15-19-23-27-31-37(41)43-35-36-44-38(42)32-28-24-20-16-12-8-4-2-6-10-14-18-22-26-30-34-40/h39-40H,1-36H2. The highest BCUT2D eigenvalue weighted by atomic mass is 16.6. The molecule has 0 spiro atoms. The monoisotopic (exact) mass is 627 g/mol. The van der Waals surface area contributed by atoms with Crippen LogP contribution in [0.2, 0.25) is 0 Å². The smallest absolute Gasteiger partial charge is 0.305 e. The van der Waals surface area contributed by atoms with Gasteiger partial charge in [0.1, 0.15) is 13.2 Å². The van der Waals surface area contributed by atoms with Crippen molar-refractivity contribution in [3.63, 3.8) is 0 Å². The van der Waals surface area contributed by atoms with Crippen LogP contribution in [0.3, 0.4) is 0 Å². The van der Waals surface area contributed by atoms with E-state index < -0.39 is 0 Å². The molecule has 262 valence electrons. The van der Waals surface area contributed by atoms with Crippen LogP contribution in [0.1, 0.15) is 205 Å². The summed E-state index contributed by atoms with van der Waals surface area (Å²) in [5.41, 5.74) is 0. The van der Waals surface area contributed by atoms with Crippen LogP contribution in [-0.2, 0) is 19.1 Å². The van der Waals surface area contributed by atoms with Crippen molar-refractivity contribution in [1.82, 2.24) is 0 Å². The number of rotatable bonds is 37. The van der Waals surface area contributed by atoms with E-state index in [1.807, 2.05) is 0 Å². The number of aliphatic hydroxyl groups excluding tert-OH is 2. The third-order valence-corrected chi connectivity index (χ3v) is 8.69. The molecule has 6 heteroatoms. The van der Waals surface area contributed by atoms with Crippen molar-refractivity contribution in [2.24, 2.45) is 0 Å². The average Bonchev–Trinajstić information content (AvgIpc) is 3.02. The number of hydrogen-bond acceptors (Lipinski definition) is 6. The van der Waals surface area contributed by atoms with Gasteiger partial charge in [-0.25, -0.2) is 0 Å². The SMILES string of the molecule is O=C(CCCCCCCCCCCCCCCCCO)OCCOC(=O)CCCCCCCCCCCCCCCCCO. The van der Waals surface area contributed by atoms with Crippen LogP contribution in [-0.4, -0.2) is 48.6 Å². The first kappa shape index (κ1) is 42.9. The van der Waals surface area contributed by atoms with Gasteiger partial charge in [-0.3, -0.25) is 9.59 Å². The van der Waals surface area contributed by atoms with Crippen LogP contribution in [0.4, 0.5) is 0 Å². The van der Waals surface area contributed by atoms with Crippen LogP contribution in [0.25, 0.3) is 0 Å². The summed E-state index contributed by atoms with van der Waals surface area (Å²) >= 11 is 0. The lowest BCUT2D eigenvalue weighted by Gasteiger charge is -2.07. The maximum atomic E-state index is 11.9. The Morgan fingerprint density at radius 3 is 0.682 bits per heavy atom. The third kappa shape index (κ3) is 37.0. The molecule has 2 N–H and O–H groups in total. The quantitative estimate of drug-likeness (QED) is 0.0526. The molecular formula is C38H74O6. The summed E-state index contributed by atoms with van der Waals surface area (Å²) in [5, 5.41) is 17.6. The molecule has 0 saturated carbocycles. The molecule has 0 heterocycles. The first-order chi connectivity index (χ1) is 21.7. The third-order valence-electron chi connectivity index (χ3n) is 8.69. The average molecular weight is 627 g/mol. The van der Waals surface area contributed by atoms with Gasteiger partial charge >= 0.3 is 11.9 Å². The first-order valence-electron chi connectivity index (χ1n) is 19.2. The number of esters is 2. The van der Waals surface area contributed by atoms with E-state index in [1.165, 1.54) is 154 Å². The Morgan fingerprint density at radius 2 is 0.477 bits per heavy atom. The van der Waals surface area contributed by atoms with E-state index in [0.29, 0.717) is 26.1 Å². The molecule has 0 aromatic carbocycles. The second kappa shape index (κ2) is 38.0. The molecule has 0 aliphatic heterocycles. The molecule has 0 unspecified atom stereocenters. The zero-order valence-electron chi connectivity index (χ0n) is 29.0. The highest BCUT2D eigenvalue weighted by Crippen LogP contribution is 2.15. The molecule has 0 fully saturated rings. The van der Waals surface area contributed by atoms with Crippen molar-refractivity contribution in [1.29, 1.82) is 0 Å². The van der Waals surface area contributed by atoms with Crippen molar-refractivity contribution >= 4 is 11.9 Å². The molecule has 0 bridgehead atoms. The predicted octanol–water partition coefficient (Wildman–Crippen LogP) is 10.5. The van der Waals surface area contributed by atoms with E-state index in [1.54, 1.807) is 0 Å². The molecule has 44 heavy (non-hydrogen) atoms. The van der Waals surface area contributed by atoms with Gasteiger partial charge < -0.3 is 19.7 Å². The molecule has 0 aromatic heterocycles. The second-order valence-corrected chi connectivity index (χ2v) is 13.0. The van der Waals surface area contributed by atoms with Gasteiger partial charge in [-0.1, -0.05) is 167 Å². The van der Waals surface area contributed by atoms with Crippen LogP contribution in [0.15, 0.2) is 0 Å².